The molecule has 25 heavy (non-hydrogen) atoms. The smallest absolute Gasteiger partial charge is 0.259 e. The summed E-state index contributed by atoms with van der Waals surface area (Å²) < 4.78 is 23.9. The Labute approximate surface area is 144 Å². The van der Waals surface area contributed by atoms with Gasteiger partial charge in [0.15, 0.2) is 11.6 Å². The number of benzene rings is 1. The molecule has 0 saturated heterocycles. The summed E-state index contributed by atoms with van der Waals surface area (Å²) in [6.45, 7) is 5.68. The molecular formula is C18H18FN3O3. The number of methoxy groups -OCH3 is 1. The highest BCUT2D eigenvalue weighted by Gasteiger charge is 2.20. The Kier molecular flexibility index (Phi) is 4.39. The third-order valence-electron chi connectivity index (χ3n) is 3.88. The number of carbonyl (C=O) groups is 1. The van der Waals surface area contributed by atoms with E-state index < -0.39 is 5.82 Å². The monoisotopic (exact) mass is 343 g/mol. The lowest BCUT2D eigenvalue weighted by atomic mass is 10.0. The zero-order valence-corrected chi connectivity index (χ0v) is 14.4. The van der Waals surface area contributed by atoms with Crippen molar-refractivity contribution in [2.45, 2.75) is 26.7 Å². The summed E-state index contributed by atoms with van der Waals surface area (Å²) in [5.74, 6) is -0.713. The number of nitrogens with zero attached hydrogens (tertiary/aromatic N) is 2. The van der Waals surface area contributed by atoms with Crippen molar-refractivity contribution in [3.63, 3.8) is 0 Å². The third-order valence-corrected chi connectivity index (χ3v) is 3.88. The van der Waals surface area contributed by atoms with E-state index >= 15 is 0 Å². The Morgan fingerprint density at radius 3 is 2.72 bits per heavy atom. The van der Waals surface area contributed by atoms with Crippen LogP contribution in [0.15, 0.2) is 28.8 Å². The topological polar surface area (TPSA) is 77.2 Å². The van der Waals surface area contributed by atoms with Gasteiger partial charge in [-0.3, -0.25) is 4.79 Å². The first-order valence-electron chi connectivity index (χ1n) is 7.82. The van der Waals surface area contributed by atoms with E-state index in [9.17, 15) is 9.18 Å². The minimum absolute atomic E-state index is 0.111. The lowest BCUT2D eigenvalue weighted by Crippen LogP contribution is -2.14. The van der Waals surface area contributed by atoms with Gasteiger partial charge in [-0.15, -0.1) is 0 Å². The van der Waals surface area contributed by atoms with Crippen molar-refractivity contribution in [1.29, 1.82) is 0 Å². The quantitative estimate of drug-likeness (QED) is 0.773. The number of anilines is 1. The molecule has 0 aliphatic rings. The minimum Gasteiger partial charge on any atom is -0.494 e. The molecule has 0 atom stereocenters. The van der Waals surface area contributed by atoms with E-state index in [0.29, 0.717) is 28.0 Å². The van der Waals surface area contributed by atoms with Crippen LogP contribution in [0.3, 0.4) is 0 Å². The van der Waals surface area contributed by atoms with Gasteiger partial charge in [-0.1, -0.05) is 19.0 Å². The molecule has 0 unspecified atom stereocenters. The first kappa shape index (κ1) is 16.9. The summed E-state index contributed by atoms with van der Waals surface area (Å²) in [6, 6.07) is 5.95. The van der Waals surface area contributed by atoms with Gasteiger partial charge in [-0.25, -0.2) is 9.37 Å². The standard InChI is InChI=1S/C18H18FN3O3/c1-9(2)14-8-12(16-10(3)22-25-18(16)21-14)17(23)20-11-5-6-15(24-4)13(19)7-11/h5-9H,1-4H3,(H,20,23). The van der Waals surface area contributed by atoms with E-state index in [4.69, 9.17) is 9.26 Å². The van der Waals surface area contributed by atoms with Crippen molar-refractivity contribution in [1.82, 2.24) is 10.1 Å². The summed E-state index contributed by atoms with van der Waals surface area (Å²) in [6.07, 6.45) is 0. The van der Waals surface area contributed by atoms with E-state index in [0.717, 1.165) is 5.69 Å². The van der Waals surface area contributed by atoms with Crippen molar-refractivity contribution < 1.29 is 18.4 Å². The normalized spacial score (nSPS) is 11.1. The van der Waals surface area contributed by atoms with Crippen molar-refractivity contribution in [3.05, 3.63) is 47.0 Å². The van der Waals surface area contributed by atoms with Crippen LogP contribution in [0.1, 0.15) is 41.5 Å². The van der Waals surface area contributed by atoms with Gasteiger partial charge < -0.3 is 14.6 Å². The maximum absolute atomic E-state index is 13.8. The van der Waals surface area contributed by atoms with Gasteiger partial charge in [0.25, 0.3) is 11.6 Å². The SMILES string of the molecule is COc1ccc(NC(=O)c2cc(C(C)C)nc3onc(C)c23)cc1F. The molecule has 1 N–H and O–H groups in total. The van der Waals surface area contributed by atoms with E-state index in [-0.39, 0.29) is 17.6 Å². The summed E-state index contributed by atoms with van der Waals surface area (Å²) in [4.78, 5) is 17.2. The van der Waals surface area contributed by atoms with Gasteiger partial charge in [-0.05, 0) is 31.0 Å². The van der Waals surface area contributed by atoms with Crippen LogP contribution in [0.25, 0.3) is 11.1 Å². The van der Waals surface area contributed by atoms with E-state index in [1.54, 1.807) is 19.1 Å². The van der Waals surface area contributed by atoms with Gasteiger partial charge in [0.1, 0.15) is 0 Å². The molecule has 2 heterocycles. The average Bonchev–Trinajstić information content (AvgIpc) is 2.95. The number of aryl methyl sites for hydroxylation is 1. The highest BCUT2D eigenvalue weighted by Crippen LogP contribution is 2.26. The van der Waals surface area contributed by atoms with Crippen molar-refractivity contribution >= 4 is 22.7 Å². The Morgan fingerprint density at radius 1 is 1.32 bits per heavy atom. The Morgan fingerprint density at radius 2 is 2.08 bits per heavy atom. The maximum Gasteiger partial charge on any atom is 0.259 e. The summed E-state index contributed by atoms with van der Waals surface area (Å²) in [5.41, 5.74) is 2.32. The molecular weight excluding hydrogens is 325 g/mol. The van der Waals surface area contributed by atoms with Gasteiger partial charge >= 0.3 is 0 Å². The van der Waals surface area contributed by atoms with E-state index in [2.05, 4.69) is 15.5 Å². The summed E-state index contributed by atoms with van der Waals surface area (Å²) in [7, 11) is 1.38. The number of hydrogen-bond donors (Lipinski definition) is 1. The molecule has 1 aromatic carbocycles. The van der Waals surface area contributed by atoms with Crippen LogP contribution in [-0.4, -0.2) is 23.2 Å². The van der Waals surface area contributed by atoms with Crippen LogP contribution in [0, 0.1) is 12.7 Å². The number of ether oxygens (including phenoxy) is 1. The average molecular weight is 343 g/mol. The zero-order chi connectivity index (χ0) is 18.1. The molecule has 0 aliphatic carbocycles. The van der Waals surface area contributed by atoms with Gasteiger partial charge in [0.2, 0.25) is 0 Å². The Hall–Kier alpha value is -2.96. The largest absolute Gasteiger partial charge is 0.494 e. The van der Waals surface area contributed by atoms with Gasteiger partial charge in [0.05, 0.1) is 23.8 Å². The van der Waals surface area contributed by atoms with E-state index in [1.807, 2.05) is 13.8 Å². The van der Waals surface area contributed by atoms with Crippen LogP contribution in [0.2, 0.25) is 0 Å². The highest BCUT2D eigenvalue weighted by molar-refractivity contribution is 6.12. The number of carbonyl (C=O) groups excluding carboxylic acids is 1. The van der Waals surface area contributed by atoms with Crippen molar-refractivity contribution in [2.75, 3.05) is 12.4 Å². The number of aromatic nitrogens is 2. The molecule has 3 rings (SSSR count). The second kappa shape index (κ2) is 6.51. The molecule has 1 amide bonds. The Bertz CT molecular complexity index is 950. The molecule has 0 fully saturated rings. The van der Waals surface area contributed by atoms with Crippen LogP contribution in [0.5, 0.6) is 5.75 Å². The van der Waals surface area contributed by atoms with Crippen LogP contribution < -0.4 is 10.1 Å². The van der Waals surface area contributed by atoms with Gasteiger partial charge in [-0.2, -0.15) is 0 Å². The van der Waals surface area contributed by atoms with Crippen LogP contribution in [0.4, 0.5) is 10.1 Å². The maximum atomic E-state index is 13.8. The minimum atomic E-state index is -0.552. The number of rotatable bonds is 4. The Balaban J connectivity index is 2.01. The van der Waals surface area contributed by atoms with Crippen molar-refractivity contribution in [2.24, 2.45) is 0 Å². The number of halogens is 1. The molecule has 0 saturated carbocycles. The number of amides is 1. The molecule has 0 spiro atoms. The molecule has 130 valence electrons. The van der Waals surface area contributed by atoms with E-state index in [1.165, 1.54) is 19.2 Å². The predicted molar refractivity (Wildman–Crippen MR) is 91.5 cm³/mol. The third kappa shape index (κ3) is 3.17. The van der Waals surface area contributed by atoms with Gasteiger partial charge in [0, 0.05) is 17.4 Å². The lowest BCUT2D eigenvalue weighted by Gasteiger charge is -2.10. The molecule has 0 aliphatic heterocycles. The molecule has 6 nitrogen and oxygen atoms in total. The number of pyridine rings is 1. The number of fused-ring (bicyclic) bond motifs is 1. The predicted octanol–water partition coefficient (Wildman–Crippen LogP) is 4.05. The zero-order valence-electron chi connectivity index (χ0n) is 14.4. The van der Waals surface area contributed by atoms with Crippen LogP contribution >= 0.6 is 0 Å². The first-order chi connectivity index (χ1) is 11.9. The molecule has 7 heteroatoms. The highest BCUT2D eigenvalue weighted by atomic mass is 19.1. The molecule has 2 aromatic heterocycles. The van der Waals surface area contributed by atoms with Crippen molar-refractivity contribution in [3.8, 4) is 5.75 Å². The second-order valence-electron chi connectivity index (χ2n) is 6.00. The summed E-state index contributed by atoms with van der Waals surface area (Å²) >= 11 is 0. The second-order valence-corrected chi connectivity index (χ2v) is 6.00. The first-order valence-corrected chi connectivity index (χ1v) is 7.82. The fraction of sp³-hybridized carbons (Fsp3) is 0.278. The fourth-order valence-electron chi connectivity index (χ4n) is 2.53. The summed E-state index contributed by atoms with van der Waals surface area (Å²) in [5, 5.41) is 7.13. The lowest BCUT2D eigenvalue weighted by molar-refractivity contribution is 0.102. The molecule has 0 radical (unpaired) electrons. The van der Waals surface area contributed by atoms with Crippen LogP contribution in [-0.2, 0) is 0 Å². The molecule has 3 aromatic rings. The fourth-order valence-corrected chi connectivity index (χ4v) is 2.53. The molecule has 0 bridgehead atoms. The number of nitrogens with one attached hydrogen (secondary N) is 1. The number of hydrogen-bond acceptors (Lipinski definition) is 5.